The van der Waals surface area contributed by atoms with Crippen LogP contribution in [0.5, 0.6) is 0 Å². The Morgan fingerprint density at radius 3 is 0.632 bits per heavy atom. The zero-order valence-corrected chi connectivity index (χ0v) is 15.1. The Morgan fingerprint density at radius 1 is 0.579 bits per heavy atom. The van der Waals surface area contributed by atoms with Crippen molar-refractivity contribution in [2.45, 2.75) is 41.5 Å². The molecule has 0 fully saturated rings. The average molecular weight is 350 g/mol. The van der Waals surface area contributed by atoms with E-state index in [0.717, 1.165) is 0 Å². The van der Waals surface area contributed by atoms with Gasteiger partial charge in [0.15, 0.2) is 0 Å². The zero-order chi connectivity index (χ0) is 15.5. The molecule has 0 saturated heterocycles. The zero-order valence-electron chi connectivity index (χ0n) is 12.3. The van der Waals surface area contributed by atoms with Gasteiger partial charge in [0.1, 0.15) is 0 Å². The van der Waals surface area contributed by atoms with Gasteiger partial charge in [-0.15, -0.1) is 0 Å². The maximum absolute atomic E-state index is 9.59. The maximum atomic E-state index is 9.59. The van der Waals surface area contributed by atoms with Crippen molar-refractivity contribution in [3.8, 4) is 0 Å². The van der Waals surface area contributed by atoms with Crippen LogP contribution in [-0.2, 0) is 47.1 Å². The molecule has 19 heavy (non-hydrogen) atoms. The van der Waals surface area contributed by atoms with Crippen molar-refractivity contribution in [1.82, 2.24) is 0 Å². The fourth-order valence-electron chi connectivity index (χ4n) is 0. The Balaban J connectivity index is -0.0000000865. The van der Waals surface area contributed by atoms with Crippen LogP contribution in [0.25, 0.3) is 0 Å². The van der Waals surface area contributed by atoms with E-state index >= 15 is 0 Å². The van der Waals surface area contributed by atoms with E-state index < -0.39 is 17.9 Å². The van der Waals surface area contributed by atoms with E-state index in [1.807, 2.05) is 0 Å². The number of carboxylic acid groups (broad SMARTS) is 3. The summed E-state index contributed by atoms with van der Waals surface area (Å²) in [6.07, 6.45) is 0. The molecule has 0 spiro atoms. The predicted octanol–water partition coefficient (Wildman–Crippen LogP) is -1.83. The van der Waals surface area contributed by atoms with Crippen LogP contribution in [0.4, 0.5) is 0 Å². The topological polar surface area (TPSA) is 120 Å². The molecule has 0 atom stereocenters. The third-order valence-electron chi connectivity index (χ3n) is 1.41. The van der Waals surface area contributed by atoms with Gasteiger partial charge in [0.2, 0.25) is 0 Å². The van der Waals surface area contributed by atoms with Crippen molar-refractivity contribution in [3.63, 3.8) is 0 Å². The molecule has 0 aliphatic rings. The van der Waals surface area contributed by atoms with Crippen LogP contribution >= 0.6 is 0 Å². The third-order valence-corrected chi connectivity index (χ3v) is 1.41. The fraction of sp³-hybridized carbons (Fsp3) is 0.750. The Morgan fingerprint density at radius 2 is 0.632 bits per heavy atom. The van der Waals surface area contributed by atoms with Gasteiger partial charge in [0.25, 0.3) is 0 Å². The van der Waals surface area contributed by atoms with Gasteiger partial charge in [-0.05, 0) is 17.8 Å². The maximum Gasteiger partial charge on any atom is 3.00 e. The predicted molar refractivity (Wildman–Crippen MR) is 59.5 cm³/mol. The van der Waals surface area contributed by atoms with Crippen LogP contribution < -0.4 is 15.3 Å². The molecule has 6 nitrogen and oxygen atoms in total. The SMILES string of the molecule is CC(C)C(=O)[O-].CC(C)C(=O)[O-].CC(C)C(=O)[O-].[Y+3]. The first kappa shape index (κ1) is 27.0. The van der Waals surface area contributed by atoms with Crippen LogP contribution in [0.15, 0.2) is 0 Å². The van der Waals surface area contributed by atoms with Gasteiger partial charge in [0, 0.05) is 17.9 Å². The molecule has 0 unspecified atom stereocenters. The molecule has 108 valence electrons. The number of carbonyl (C=O) groups is 3. The van der Waals surface area contributed by atoms with Crippen molar-refractivity contribution in [2.24, 2.45) is 17.8 Å². The van der Waals surface area contributed by atoms with Crippen molar-refractivity contribution < 1.29 is 62.4 Å². The normalized spacial score (nSPS) is 8.68. The molecular formula is C12H21O6Y. The minimum absolute atomic E-state index is 0. The molecule has 0 saturated carbocycles. The molecule has 7 heteroatoms. The Kier molecular flexibility index (Phi) is 22.1. The van der Waals surface area contributed by atoms with Gasteiger partial charge in [-0.1, -0.05) is 41.5 Å². The van der Waals surface area contributed by atoms with Gasteiger partial charge in [0.05, 0.1) is 0 Å². The van der Waals surface area contributed by atoms with Crippen molar-refractivity contribution in [3.05, 3.63) is 0 Å². The Hall–Kier alpha value is -0.486. The summed E-state index contributed by atoms with van der Waals surface area (Å²) in [5.74, 6) is -4.00. The molecule has 0 N–H and O–H groups in total. The van der Waals surface area contributed by atoms with Crippen molar-refractivity contribution in [2.75, 3.05) is 0 Å². The van der Waals surface area contributed by atoms with E-state index in [4.69, 9.17) is 0 Å². The summed E-state index contributed by atoms with van der Waals surface area (Å²) < 4.78 is 0. The van der Waals surface area contributed by atoms with Gasteiger partial charge >= 0.3 is 32.7 Å². The van der Waals surface area contributed by atoms with Crippen LogP contribution in [0, 0.1) is 17.8 Å². The van der Waals surface area contributed by atoms with E-state index in [2.05, 4.69) is 0 Å². The summed E-state index contributed by atoms with van der Waals surface area (Å²) in [7, 11) is 0. The average Bonchev–Trinajstić information content (AvgIpc) is 2.18. The second-order valence-corrected chi connectivity index (χ2v) is 4.42. The van der Waals surface area contributed by atoms with Gasteiger partial charge in [-0.3, -0.25) is 0 Å². The van der Waals surface area contributed by atoms with Gasteiger partial charge < -0.3 is 29.7 Å². The summed E-state index contributed by atoms with van der Waals surface area (Å²) >= 11 is 0. The summed E-state index contributed by atoms with van der Waals surface area (Å²) in [5, 5.41) is 28.8. The van der Waals surface area contributed by atoms with E-state index in [0.29, 0.717) is 0 Å². The molecule has 0 aliphatic carbocycles. The number of aliphatic carboxylic acids is 3. The minimum Gasteiger partial charge on any atom is -0.550 e. The Bertz CT molecular complexity index is 218. The van der Waals surface area contributed by atoms with Crippen LogP contribution in [0.3, 0.4) is 0 Å². The molecule has 0 aliphatic heterocycles. The fourth-order valence-corrected chi connectivity index (χ4v) is 0. The molecule has 0 aromatic heterocycles. The quantitative estimate of drug-likeness (QED) is 0.591. The molecule has 0 heterocycles. The first-order valence-electron chi connectivity index (χ1n) is 5.55. The van der Waals surface area contributed by atoms with E-state index in [1.54, 1.807) is 41.5 Å². The molecule has 0 aromatic carbocycles. The van der Waals surface area contributed by atoms with Crippen LogP contribution in [0.2, 0.25) is 0 Å². The van der Waals surface area contributed by atoms with Gasteiger partial charge in [-0.2, -0.15) is 0 Å². The summed E-state index contributed by atoms with van der Waals surface area (Å²) in [4.78, 5) is 28.8. The second-order valence-electron chi connectivity index (χ2n) is 4.42. The van der Waals surface area contributed by atoms with Crippen LogP contribution in [-0.4, -0.2) is 17.9 Å². The smallest absolute Gasteiger partial charge is 0.550 e. The second kappa shape index (κ2) is 15.6. The first-order chi connectivity index (χ1) is 7.93. The number of carbonyl (C=O) groups excluding carboxylic acids is 3. The van der Waals surface area contributed by atoms with Crippen molar-refractivity contribution in [1.29, 1.82) is 0 Å². The third kappa shape index (κ3) is 31.8. The molecule has 0 rings (SSSR count). The van der Waals surface area contributed by atoms with Crippen molar-refractivity contribution >= 4 is 17.9 Å². The number of rotatable bonds is 3. The summed E-state index contributed by atoms with van der Waals surface area (Å²) in [6.45, 7) is 9.47. The van der Waals surface area contributed by atoms with E-state index in [1.165, 1.54) is 0 Å². The minimum atomic E-state index is -0.991. The monoisotopic (exact) mass is 350 g/mol. The molecular weight excluding hydrogens is 329 g/mol. The number of carboxylic acids is 3. The number of hydrogen-bond donors (Lipinski definition) is 0. The van der Waals surface area contributed by atoms with Gasteiger partial charge in [-0.25, -0.2) is 0 Å². The molecule has 0 amide bonds. The Labute approximate surface area is 139 Å². The summed E-state index contributed by atoms with van der Waals surface area (Å²) in [5.41, 5.74) is 0. The summed E-state index contributed by atoms with van der Waals surface area (Å²) in [6, 6.07) is 0. The molecule has 0 radical (unpaired) electrons. The van der Waals surface area contributed by atoms with E-state index in [9.17, 15) is 29.7 Å². The first-order valence-corrected chi connectivity index (χ1v) is 5.55. The van der Waals surface area contributed by atoms with Crippen LogP contribution in [0.1, 0.15) is 41.5 Å². The molecule has 0 aromatic rings. The molecule has 0 bridgehead atoms. The van der Waals surface area contributed by atoms with E-state index in [-0.39, 0.29) is 50.5 Å². The standard InChI is InChI=1S/3C4H8O2.Y/c3*1-3(2)4(5)6;/h3*3H,1-2H3,(H,5,6);/q;;;+3/p-3. The largest absolute Gasteiger partial charge is 3.00 e. The number of hydrogen-bond acceptors (Lipinski definition) is 6.